The Morgan fingerprint density at radius 2 is 1.66 bits per heavy atom. The van der Waals surface area contributed by atoms with Gasteiger partial charge < -0.3 is 15.7 Å². The summed E-state index contributed by atoms with van der Waals surface area (Å²) in [6, 6.07) is 8.82. The van der Waals surface area contributed by atoms with E-state index in [1.807, 2.05) is 0 Å². The average Bonchev–Trinajstić information content (AvgIpc) is 3.36. The van der Waals surface area contributed by atoms with Gasteiger partial charge in [0.1, 0.15) is 17.2 Å². The van der Waals surface area contributed by atoms with E-state index in [2.05, 4.69) is 20.7 Å². The number of nitrogens with one attached hydrogen (secondary N) is 2. The van der Waals surface area contributed by atoms with Crippen molar-refractivity contribution in [2.75, 3.05) is 6.54 Å². The van der Waals surface area contributed by atoms with Crippen LogP contribution in [0.2, 0.25) is 0 Å². The number of amides is 2. The summed E-state index contributed by atoms with van der Waals surface area (Å²) in [5.41, 5.74) is 0.658. The number of aliphatic carboxylic acids is 1. The van der Waals surface area contributed by atoms with Crippen LogP contribution >= 0.6 is 0 Å². The fourth-order valence-corrected chi connectivity index (χ4v) is 5.27. The van der Waals surface area contributed by atoms with Crippen molar-refractivity contribution in [3.8, 4) is 0 Å². The normalized spacial score (nSPS) is 23.2. The van der Waals surface area contributed by atoms with Crippen LogP contribution < -0.4 is 10.6 Å². The van der Waals surface area contributed by atoms with E-state index in [1.54, 1.807) is 18.2 Å². The lowest BCUT2D eigenvalue weighted by molar-refractivity contribution is -0.158. The Morgan fingerprint density at radius 1 is 0.971 bits per heavy atom. The standard InChI is InChI=1S/C25H26FN5O4/c26-17-3-1-16(2-4-17)14-27-21(32)18-13-19(31-20(30-18)5-12-29-31)22(33)28-15-24-6-9-25(10-7-24,11-8-24)23(34)35/h1-5,12-13H,6-11,14-15H2,(H,27,32)(H,28,33)(H,34,35). The van der Waals surface area contributed by atoms with Crippen molar-refractivity contribution in [1.29, 1.82) is 0 Å². The molecule has 6 rings (SSSR count). The molecule has 0 unspecified atom stereocenters. The Morgan fingerprint density at radius 3 is 2.31 bits per heavy atom. The Kier molecular flexibility index (Phi) is 5.74. The largest absolute Gasteiger partial charge is 0.481 e. The number of fused-ring (bicyclic) bond motifs is 4. The molecule has 3 N–H and O–H groups in total. The van der Waals surface area contributed by atoms with Crippen molar-refractivity contribution in [1.82, 2.24) is 25.2 Å². The summed E-state index contributed by atoms with van der Waals surface area (Å²) >= 11 is 0. The molecule has 3 saturated carbocycles. The van der Waals surface area contributed by atoms with Gasteiger partial charge in [-0.05, 0) is 61.6 Å². The molecule has 3 aliphatic carbocycles. The summed E-state index contributed by atoms with van der Waals surface area (Å²) in [4.78, 5) is 41.9. The third-order valence-corrected chi connectivity index (χ3v) is 7.67. The second kappa shape index (κ2) is 8.75. The Labute approximate surface area is 200 Å². The molecule has 1 aromatic carbocycles. The van der Waals surface area contributed by atoms with Crippen LogP contribution in [0, 0.1) is 16.6 Å². The second-order valence-electron chi connectivity index (χ2n) is 9.71. The lowest BCUT2D eigenvalue weighted by Gasteiger charge is -2.51. The summed E-state index contributed by atoms with van der Waals surface area (Å²) < 4.78 is 14.5. The average molecular weight is 480 g/mol. The highest BCUT2D eigenvalue weighted by molar-refractivity contribution is 5.98. The van der Waals surface area contributed by atoms with Crippen LogP contribution in [-0.2, 0) is 11.3 Å². The fourth-order valence-electron chi connectivity index (χ4n) is 5.27. The van der Waals surface area contributed by atoms with E-state index < -0.39 is 17.3 Å². The predicted molar refractivity (Wildman–Crippen MR) is 123 cm³/mol. The van der Waals surface area contributed by atoms with Crippen molar-refractivity contribution in [2.45, 2.75) is 45.1 Å². The number of carboxylic acids is 1. The molecule has 0 aliphatic heterocycles. The third kappa shape index (κ3) is 4.36. The van der Waals surface area contributed by atoms with Crippen LogP contribution in [0.4, 0.5) is 4.39 Å². The molecule has 35 heavy (non-hydrogen) atoms. The molecule has 2 aromatic heterocycles. The first-order chi connectivity index (χ1) is 16.8. The van der Waals surface area contributed by atoms with Crippen molar-refractivity contribution in [3.63, 3.8) is 0 Å². The summed E-state index contributed by atoms with van der Waals surface area (Å²) in [6.45, 7) is 0.631. The molecule has 0 radical (unpaired) electrons. The minimum atomic E-state index is -0.710. The van der Waals surface area contributed by atoms with Crippen LogP contribution in [0.5, 0.6) is 0 Å². The molecule has 9 nitrogen and oxygen atoms in total. The molecule has 0 spiro atoms. The maximum absolute atomic E-state index is 13.2. The van der Waals surface area contributed by atoms with Crippen LogP contribution in [0.1, 0.15) is 65.1 Å². The predicted octanol–water partition coefficient (Wildman–Crippen LogP) is 2.95. The topological polar surface area (TPSA) is 126 Å². The van der Waals surface area contributed by atoms with Gasteiger partial charge in [-0.3, -0.25) is 14.4 Å². The molecule has 3 aliphatic rings. The monoisotopic (exact) mass is 479 g/mol. The molecule has 2 heterocycles. The first-order valence-electron chi connectivity index (χ1n) is 11.7. The molecule has 182 valence electrons. The maximum atomic E-state index is 13.2. The van der Waals surface area contributed by atoms with Crippen molar-refractivity contribution < 1.29 is 23.9 Å². The first-order valence-corrected chi connectivity index (χ1v) is 11.7. The lowest BCUT2D eigenvalue weighted by atomic mass is 9.53. The van der Waals surface area contributed by atoms with Crippen LogP contribution in [0.25, 0.3) is 5.65 Å². The molecule has 2 bridgehead atoms. The second-order valence-corrected chi connectivity index (χ2v) is 9.71. The Bertz CT molecular complexity index is 1280. The molecule has 0 saturated heterocycles. The molecular weight excluding hydrogens is 453 g/mol. The van der Waals surface area contributed by atoms with Gasteiger partial charge in [0.05, 0.1) is 11.6 Å². The quantitative estimate of drug-likeness (QED) is 0.478. The summed E-state index contributed by atoms with van der Waals surface area (Å²) in [6.07, 6.45) is 5.71. The zero-order chi connectivity index (χ0) is 24.6. The highest BCUT2D eigenvalue weighted by Gasteiger charge is 2.52. The highest BCUT2D eigenvalue weighted by Crippen LogP contribution is 2.56. The van der Waals surface area contributed by atoms with E-state index in [4.69, 9.17) is 0 Å². The fraction of sp³-hybridized carbons (Fsp3) is 0.400. The molecule has 0 atom stereocenters. The van der Waals surface area contributed by atoms with E-state index in [0.29, 0.717) is 31.5 Å². The van der Waals surface area contributed by atoms with E-state index in [-0.39, 0.29) is 35.1 Å². The van der Waals surface area contributed by atoms with Crippen molar-refractivity contribution in [2.24, 2.45) is 10.8 Å². The number of aromatic nitrogens is 3. The molecule has 3 aromatic rings. The van der Waals surface area contributed by atoms with Crippen LogP contribution in [0.3, 0.4) is 0 Å². The Balaban J connectivity index is 1.29. The number of hydrogen-bond acceptors (Lipinski definition) is 5. The highest BCUT2D eigenvalue weighted by atomic mass is 19.1. The van der Waals surface area contributed by atoms with Gasteiger partial charge in [0.25, 0.3) is 11.8 Å². The van der Waals surface area contributed by atoms with E-state index >= 15 is 0 Å². The van der Waals surface area contributed by atoms with Crippen molar-refractivity contribution >= 4 is 23.4 Å². The van der Waals surface area contributed by atoms with Crippen LogP contribution in [0.15, 0.2) is 42.6 Å². The number of carboxylic acid groups (broad SMARTS) is 1. The van der Waals surface area contributed by atoms with Gasteiger partial charge in [0.2, 0.25) is 0 Å². The lowest BCUT2D eigenvalue weighted by Crippen LogP contribution is -2.50. The van der Waals surface area contributed by atoms with E-state index in [9.17, 15) is 23.9 Å². The first kappa shape index (κ1) is 22.9. The van der Waals surface area contributed by atoms with Gasteiger partial charge in [-0.1, -0.05) is 12.1 Å². The SMILES string of the molecule is O=C(NCc1ccc(F)cc1)c1cc(C(=O)NCC23CCC(C(=O)O)(CC2)CC3)n2nccc2n1. The van der Waals surface area contributed by atoms with Crippen LogP contribution in [-0.4, -0.2) is 44.0 Å². The van der Waals surface area contributed by atoms with E-state index in [0.717, 1.165) is 24.8 Å². The number of hydrogen-bond donors (Lipinski definition) is 3. The summed E-state index contributed by atoms with van der Waals surface area (Å²) in [5, 5.41) is 19.5. The third-order valence-electron chi connectivity index (χ3n) is 7.67. The van der Waals surface area contributed by atoms with Gasteiger partial charge in [0, 0.05) is 25.2 Å². The Hall–Kier alpha value is -3.82. The molecule has 2 amide bonds. The van der Waals surface area contributed by atoms with Gasteiger partial charge in [-0.25, -0.2) is 13.9 Å². The number of carbonyl (C=O) groups is 3. The number of halogens is 1. The number of nitrogens with zero attached hydrogens (tertiary/aromatic N) is 3. The minimum Gasteiger partial charge on any atom is -0.481 e. The molecule has 10 heteroatoms. The minimum absolute atomic E-state index is 0.0741. The van der Waals surface area contributed by atoms with E-state index in [1.165, 1.54) is 28.9 Å². The zero-order valence-electron chi connectivity index (χ0n) is 19.1. The summed E-state index contributed by atoms with van der Waals surface area (Å²) in [7, 11) is 0. The van der Waals surface area contributed by atoms with Gasteiger partial charge in [-0.15, -0.1) is 0 Å². The maximum Gasteiger partial charge on any atom is 0.309 e. The molecular formula is C25H26FN5O4. The number of rotatable bonds is 7. The smallest absolute Gasteiger partial charge is 0.309 e. The summed E-state index contributed by atoms with van der Waals surface area (Å²) in [5.74, 6) is -1.90. The van der Waals surface area contributed by atoms with Gasteiger partial charge in [0.15, 0.2) is 5.65 Å². The number of carbonyl (C=O) groups excluding carboxylic acids is 2. The number of benzene rings is 1. The van der Waals surface area contributed by atoms with Gasteiger partial charge in [-0.2, -0.15) is 5.10 Å². The zero-order valence-corrected chi connectivity index (χ0v) is 19.1. The van der Waals surface area contributed by atoms with Crippen molar-refractivity contribution in [3.05, 3.63) is 65.4 Å². The van der Waals surface area contributed by atoms with Gasteiger partial charge >= 0.3 is 5.97 Å². The molecule has 3 fully saturated rings.